The third-order valence-corrected chi connectivity index (χ3v) is 5.13. The predicted octanol–water partition coefficient (Wildman–Crippen LogP) is 2.63. The Morgan fingerprint density at radius 2 is 1.89 bits per heavy atom. The number of aromatic nitrogens is 1. The number of pyridine rings is 1. The van der Waals surface area contributed by atoms with Gasteiger partial charge in [-0.25, -0.2) is 4.98 Å². The first kappa shape index (κ1) is 20.1. The van der Waals surface area contributed by atoms with Crippen LogP contribution < -0.4 is 5.32 Å². The third kappa shape index (κ3) is 5.21. The Hall–Kier alpha value is -2.64. The molecule has 0 saturated carbocycles. The van der Waals surface area contributed by atoms with Crippen molar-refractivity contribution in [3.63, 3.8) is 0 Å². The maximum absolute atomic E-state index is 11.9. The molecule has 1 amide bonds. The van der Waals surface area contributed by atoms with Gasteiger partial charge in [-0.15, -0.1) is 0 Å². The lowest BCUT2D eigenvalue weighted by atomic mass is 9.90. The molecule has 2 aromatic rings. The number of benzene rings is 1. The first-order valence-electron chi connectivity index (χ1n) is 9.08. The Kier molecular flexibility index (Phi) is 6.49. The Morgan fingerprint density at radius 1 is 1.21 bits per heavy atom. The van der Waals surface area contributed by atoms with Gasteiger partial charge in [0.15, 0.2) is 5.69 Å². The molecule has 1 aromatic carbocycles. The van der Waals surface area contributed by atoms with Crippen LogP contribution in [0.15, 0.2) is 36.5 Å². The van der Waals surface area contributed by atoms with E-state index < -0.39 is 18.4 Å². The number of nitrogens with one attached hydrogen (secondary N) is 1. The molecule has 0 bridgehead atoms. The number of carboxylic acid groups (broad SMARTS) is 1. The van der Waals surface area contributed by atoms with Crippen LogP contribution in [-0.4, -0.2) is 51.6 Å². The summed E-state index contributed by atoms with van der Waals surface area (Å²) in [5.41, 5.74) is 1.95. The molecule has 0 radical (unpaired) electrons. The Balaban J connectivity index is 1.56. The van der Waals surface area contributed by atoms with Gasteiger partial charge in [0.05, 0.1) is 0 Å². The molecule has 1 fully saturated rings. The molecule has 148 valence electrons. The molecule has 2 heterocycles. The Morgan fingerprint density at radius 3 is 2.50 bits per heavy atom. The first-order valence-corrected chi connectivity index (χ1v) is 9.46. The summed E-state index contributed by atoms with van der Waals surface area (Å²) in [6.45, 7) is 2.20. The lowest BCUT2D eigenvalue weighted by molar-refractivity contribution is -0.135. The number of amides is 1. The van der Waals surface area contributed by atoms with Crippen molar-refractivity contribution in [2.45, 2.75) is 25.3 Å². The van der Waals surface area contributed by atoms with Crippen LogP contribution >= 0.6 is 11.6 Å². The van der Waals surface area contributed by atoms with Crippen LogP contribution in [0.1, 0.15) is 40.4 Å². The summed E-state index contributed by atoms with van der Waals surface area (Å²) in [6.07, 6.45) is 3.45. The summed E-state index contributed by atoms with van der Waals surface area (Å²) < 4.78 is 0. The molecule has 0 spiro atoms. The van der Waals surface area contributed by atoms with Gasteiger partial charge in [-0.05, 0) is 61.2 Å². The second-order valence-corrected chi connectivity index (χ2v) is 7.33. The number of carbonyl (C=O) groups excluding carboxylic acids is 1. The number of hydrogen-bond donors (Lipinski definition) is 3. The molecule has 3 N–H and O–H groups in total. The van der Waals surface area contributed by atoms with E-state index in [1.165, 1.54) is 5.56 Å². The highest BCUT2D eigenvalue weighted by atomic mass is 35.5. The van der Waals surface area contributed by atoms with Crippen molar-refractivity contribution in [1.29, 1.82) is 0 Å². The largest absolute Gasteiger partial charge is 0.505 e. The summed E-state index contributed by atoms with van der Waals surface area (Å²) in [5.74, 6) is -1.83. The maximum Gasteiger partial charge on any atom is 0.322 e. The smallest absolute Gasteiger partial charge is 0.322 e. The van der Waals surface area contributed by atoms with E-state index >= 15 is 0 Å². The maximum atomic E-state index is 11.9. The molecule has 3 rings (SSSR count). The highest BCUT2D eigenvalue weighted by Crippen LogP contribution is 2.31. The average molecular weight is 404 g/mol. The summed E-state index contributed by atoms with van der Waals surface area (Å²) in [5, 5.41) is 21.7. The Labute approximate surface area is 168 Å². The average Bonchev–Trinajstić information content (AvgIpc) is 2.68. The van der Waals surface area contributed by atoms with Crippen molar-refractivity contribution in [1.82, 2.24) is 15.2 Å². The summed E-state index contributed by atoms with van der Waals surface area (Å²) >= 11 is 5.93. The van der Waals surface area contributed by atoms with Gasteiger partial charge in [0, 0.05) is 17.8 Å². The van der Waals surface area contributed by atoms with Gasteiger partial charge in [0.1, 0.15) is 12.3 Å². The quantitative estimate of drug-likeness (QED) is 0.685. The molecule has 0 aliphatic carbocycles. The fraction of sp³-hybridized carbons (Fsp3) is 0.350. The molecule has 7 nitrogen and oxygen atoms in total. The third-order valence-electron chi connectivity index (χ3n) is 4.88. The molecule has 1 aliphatic rings. The molecule has 1 aliphatic heterocycles. The SMILES string of the molecule is O=C(O)CNC(=O)c1ncc(C2CCN(Cc3ccc(Cl)cc3)CC2)cc1O. The zero-order valence-corrected chi connectivity index (χ0v) is 16.0. The van der Waals surface area contributed by atoms with Gasteiger partial charge in [0.25, 0.3) is 5.91 Å². The first-order chi connectivity index (χ1) is 13.4. The fourth-order valence-electron chi connectivity index (χ4n) is 3.38. The standard InChI is InChI=1S/C20H22ClN3O4/c21-16-3-1-13(2-4-16)12-24-7-5-14(6-8-24)15-9-17(25)19(22-10-15)20(28)23-11-18(26)27/h1-4,9-10,14,25H,5-8,11-12H2,(H,23,28)(H,26,27). The van der Waals surface area contributed by atoms with E-state index in [0.717, 1.165) is 43.1 Å². The van der Waals surface area contributed by atoms with Gasteiger partial charge in [-0.1, -0.05) is 23.7 Å². The molecular weight excluding hydrogens is 382 g/mol. The number of hydrogen-bond acceptors (Lipinski definition) is 5. The second kappa shape index (κ2) is 9.03. The molecule has 0 unspecified atom stereocenters. The summed E-state index contributed by atoms with van der Waals surface area (Å²) in [7, 11) is 0. The van der Waals surface area contributed by atoms with E-state index in [1.54, 1.807) is 12.3 Å². The number of aliphatic carboxylic acids is 1. The number of carbonyl (C=O) groups is 2. The summed E-state index contributed by atoms with van der Waals surface area (Å²) in [4.78, 5) is 28.8. The highest BCUT2D eigenvalue weighted by molar-refractivity contribution is 6.30. The number of aromatic hydroxyl groups is 1. The fourth-order valence-corrected chi connectivity index (χ4v) is 3.50. The minimum absolute atomic E-state index is 0.162. The van der Waals surface area contributed by atoms with E-state index in [1.807, 2.05) is 24.3 Å². The normalized spacial score (nSPS) is 15.3. The van der Waals surface area contributed by atoms with Gasteiger partial charge in [-0.2, -0.15) is 0 Å². The van der Waals surface area contributed by atoms with Crippen LogP contribution in [-0.2, 0) is 11.3 Å². The molecular formula is C20H22ClN3O4. The van der Waals surface area contributed by atoms with Gasteiger partial charge in [0.2, 0.25) is 0 Å². The van der Waals surface area contributed by atoms with Crippen LogP contribution in [0.25, 0.3) is 0 Å². The van der Waals surface area contributed by atoms with E-state index in [0.29, 0.717) is 0 Å². The van der Waals surface area contributed by atoms with Crippen molar-refractivity contribution in [2.75, 3.05) is 19.6 Å². The van der Waals surface area contributed by atoms with Crippen LogP contribution in [0.4, 0.5) is 0 Å². The minimum atomic E-state index is -1.16. The number of nitrogens with zero attached hydrogens (tertiary/aromatic N) is 2. The molecule has 1 saturated heterocycles. The predicted molar refractivity (Wildman–Crippen MR) is 105 cm³/mol. The lowest BCUT2D eigenvalue weighted by Gasteiger charge is -2.32. The van der Waals surface area contributed by atoms with Crippen molar-refractivity contribution in [3.05, 3.63) is 58.4 Å². The van der Waals surface area contributed by atoms with Crippen molar-refractivity contribution in [3.8, 4) is 5.75 Å². The van der Waals surface area contributed by atoms with Gasteiger partial charge in [-0.3, -0.25) is 14.5 Å². The van der Waals surface area contributed by atoms with E-state index in [-0.39, 0.29) is 17.4 Å². The van der Waals surface area contributed by atoms with Crippen LogP contribution in [0.3, 0.4) is 0 Å². The van der Waals surface area contributed by atoms with E-state index in [9.17, 15) is 14.7 Å². The van der Waals surface area contributed by atoms with Crippen molar-refractivity contribution >= 4 is 23.5 Å². The number of rotatable bonds is 6. The van der Waals surface area contributed by atoms with E-state index in [4.69, 9.17) is 16.7 Å². The number of halogens is 1. The van der Waals surface area contributed by atoms with Crippen LogP contribution in [0.2, 0.25) is 5.02 Å². The zero-order chi connectivity index (χ0) is 20.1. The van der Waals surface area contributed by atoms with Crippen molar-refractivity contribution in [2.24, 2.45) is 0 Å². The van der Waals surface area contributed by atoms with Crippen LogP contribution in [0, 0.1) is 0 Å². The van der Waals surface area contributed by atoms with Crippen molar-refractivity contribution < 1.29 is 19.8 Å². The Bertz CT molecular complexity index is 849. The molecule has 28 heavy (non-hydrogen) atoms. The molecule has 0 atom stereocenters. The number of piperidine rings is 1. The second-order valence-electron chi connectivity index (χ2n) is 6.89. The number of likely N-dealkylation sites (tertiary alicyclic amines) is 1. The molecule has 8 heteroatoms. The highest BCUT2D eigenvalue weighted by Gasteiger charge is 2.23. The van der Waals surface area contributed by atoms with Gasteiger partial charge < -0.3 is 15.5 Å². The van der Waals surface area contributed by atoms with E-state index in [2.05, 4.69) is 15.2 Å². The zero-order valence-electron chi connectivity index (χ0n) is 15.3. The summed E-state index contributed by atoms with van der Waals surface area (Å²) in [6, 6.07) is 9.41. The topological polar surface area (TPSA) is 103 Å². The monoisotopic (exact) mass is 403 g/mol. The molecule has 1 aromatic heterocycles. The number of carboxylic acids is 1. The van der Waals surface area contributed by atoms with Crippen LogP contribution in [0.5, 0.6) is 5.75 Å². The van der Waals surface area contributed by atoms with Gasteiger partial charge >= 0.3 is 5.97 Å². The lowest BCUT2D eigenvalue weighted by Crippen LogP contribution is -2.32. The minimum Gasteiger partial charge on any atom is -0.505 e.